The molecule has 8 heteroatoms. The summed E-state index contributed by atoms with van der Waals surface area (Å²) in [6.45, 7) is 0.223. The zero-order valence-electron chi connectivity index (χ0n) is 7.88. The molecule has 15 heavy (non-hydrogen) atoms. The number of aryl methyl sites for hydroxylation is 1. The first-order valence-corrected chi connectivity index (χ1v) is 4.65. The van der Waals surface area contributed by atoms with E-state index in [1.54, 1.807) is 0 Å². The molecule has 1 aromatic rings. The lowest BCUT2D eigenvalue weighted by atomic mass is 10.3. The number of nitrogens with zero attached hydrogens (tertiary/aromatic N) is 2. The number of aliphatic hydroxyl groups excluding tert-OH is 1. The van der Waals surface area contributed by atoms with Crippen LogP contribution in [0.4, 0.5) is 0 Å². The molecule has 0 unspecified atom stereocenters. The summed E-state index contributed by atoms with van der Waals surface area (Å²) < 4.78 is 8.79. The second-order valence-corrected chi connectivity index (χ2v) is 3.19. The number of rotatable bonds is 5. The highest BCUT2D eigenvalue weighted by atomic mass is 32.1. The average Bonchev–Trinajstić information content (AvgIpc) is 2.58. The van der Waals surface area contributed by atoms with E-state index in [1.165, 1.54) is 4.90 Å². The summed E-state index contributed by atoms with van der Waals surface area (Å²) in [5, 5.41) is 12.4. The Morgan fingerprint density at radius 1 is 1.67 bits per heavy atom. The van der Waals surface area contributed by atoms with E-state index < -0.39 is 5.82 Å². The van der Waals surface area contributed by atoms with Gasteiger partial charge in [-0.3, -0.25) is 4.52 Å². The van der Waals surface area contributed by atoms with Crippen molar-refractivity contribution in [2.24, 2.45) is 5.73 Å². The van der Waals surface area contributed by atoms with E-state index in [2.05, 4.69) is 26.3 Å². The van der Waals surface area contributed by atoms with Crippen LogP contribution in [0.25, 0.3) is 0 Å². The summed E-state index contributed by atoms with van der Waals surface area (Å²) in [6.07, 6.45) is 1.01. The Kier molecular flexibility index (Phi) is 4.25. The van der Waals surface area contributed by atoms with Crippen LogP contribution in [0, 0.1) is 0 Å². The third-order valence-corrected chi connectivity index (χ3v) is 1.98. The molecule has 0 spiro atoms. The SMILES string of the molecule is NC(=S)N(CO)CCCc1noc(=O)o1. The van der Waals surface area contributed by atoms with Crippen LogP contribution < -0.4 is 11.6 Å². The second-order valence-electron chi connectivity index (χ2n) is 2.78. The smallest absolute Gasteiger partial charge is 0.376 e. The van der Waals surface area contributed by atoms with Gasteiger partial charge in [0.2, 0.25) is 5.89 Å². The summed E-state index contributed by atoms with van der Waals surface area (Å²) in [5.41, 5.74) is 5.32. The number of thiocarbonyl (C=S) groups is 1. The van der Waals surface area contributed by atoms with Gasteiger partial charge in [-0.1, -0.05) is 0 Å². The van der Waals surface area contributed by atoms with Gasteiger partial charge >= 0.3 is 5.82 Å². The van der Waals surface area contributed by atoms with Crippen molar-refractivity contribution >= 4 is 17.3 Å². The van der Waals surface area contributed by atoms with E-state index >= 15 is 0 Å². The topological polar surface area (TPSA) is 106 Å². The molecule has 3 N–H and O–H groups in total. The molecule has 0 aliphatic rings. The van der Waals surface area contributed by atoms with Gasteiger partial charge in [-0.25, -0.2) is 4.79 Å². The molecule has 0 bridgehead atoms. The second kappa shape index (κ2) is 5.47. The van der Waals surface area contributed by atoms with Crippen LogP contribution in [0.1, 0.15) is 12.3 Å². The van der Waals surface area contributed by atoms with E-state index in [0.717, 1.165) is 0 Å². The van der Waals surface area contributed by atoms with Gasteiger partial charge in [0, 0.05) is 13.0 Å². The monoisotopic (exact) mass is 233 g/mol. The van der Waals surface area contributed by atoms with Crippen molar-refractivity contribution in [3.63, 3.8) is 0 Å². The van der Waals surface area contributed by atoms with Gasteiger partial charge in [-0.2, -0.15) is 0 Å². The molecule has 0 amide bonds. The van der Waals surface area contributed by atoms with Crippen molar-refractivity contribution in [2.45, 2.75) is 12.8 Å². The van der Waals surface area contributed by atoms with Gasteiger partial charge in [0.25, 0.3) is 0 Å². The minimum Gasteiger partial charge on any atom is -0.376 e. The summed E-state index contributed by atoms with van der Waals surface area (Å²) in [7, 11) is 0. The van der Waals surface area contributed by atoms with Crippen LogP contribution in [0.15, 0.2) is 13.7 Å². The Morgan fingerprint density at radius 3 is 2.87 bits per heavy atom. The molecule has 0 aromatic carbocycles. The fourth-order valence-corrected chi connectivity index (χ4v) is 1.14. The van der Waals surface area contributed by atoms with Gasteiger partial charge in [0.1, 0.15) is 6.73 Å². The quantitative estimate of drug-likeness (QED) is 0.495. The van der Waals surface area contributed by atoms with Crippen LogP contribution in [-0.2, 0) is 6.42 Å². The number of aromatic nitrogens is 1. The van der Waals surface area contributed by atoms with Crippen molar-refractivity contribution in [3.8, 4) is 0 Å². The highest BCUT2D eigenvalue weighted by Gasteiger charge is 2.07. The van der Waals surface area contributed by atoms with E-state index in [9.17, 15) is 4.79 Å². The molecule has 0 saturated heterocycles. The maximum Gasteiger partial charge on any atom is 0.542 e. The lowest BCUT2D eigenvalue weighted by molar-refractivity contribution is 0.169. The predicted molar refractivity (Wildman–Crippen MR) is 53.9 cm³/mol. The number of hydrogen-bond donors (Lipinski definition) is 2. The highest BCUT2D eigenvalue weighted by molar-refractivity contribution is 7.80. The zero-order valence-corrected chi connectivity index (χ0v) is 8.70. The molecule has 84 valence electrons. The van der Waals surface area contributed by atoms with Crippen molar-refractivity contribution in [1.29, 1.82) is 0 Å². The normalized spacial score (nSPS) is 10.2. The minimum atomic E-state index is -0.821. The Labute approximate surface area is 90.4 Å². The van der Waals surface area contributed by atoms with Crippen molar-refractivity contribution in [3.05, 3.63) is 16.5 Å². The molecule has 1 aromatic heterocycles. The molecule has 7 nitrogen and oxygen atoms in total. The van der Waals surface area contributed by atoms with Crippen LogP contribution in [0.5, 0.6) is 0 Å². The molecular weight excluding hydrogens is 222 g/mol. The fraction of sp³-hybridized carbons (Fsp3) is 0.571. The molecule has 0 radical (unpaired) electrons. The molecule has 0 saturated carbocycles. The van der Waals surface area contributed by atoms with Crippen molar-refractivity contribution < 1.29 is 14.0 Å². The standard InChI is InChI=1S/C7H11N3O4S/c8-6(15)10(4-11)3-1-2-5-9-14-7(12)13-5/h11H,1-4H2,(H2,8,15). The molecule has 0 aliphatic carbocycles. The Hall–Kier alpha value is -1.41. The van der Waals surface area contributed by atoms with Gasteiger partial charge < -0.3 is 20.2 Å². The van der Waals surface area contributed by atoms with E-state index in [4.69, 9.17) is 10.8 Å². The lowest BCUT2D eigenvalue weighted by Gasteiger charge is -2.18. The summed E-state index contributed by atoms with van der Waals surface area (Å²) in [4.78, 5) is 11.9. The number of hydrogen-bond acceptors (Lipinski definition) is 6. The highest BCUT2D eigenvalue weighted by Crippen LogP contribution is 1.98. The van der Waals surface area contributed by atoms with E-state index in [1.807, 2.05) is 0 Å². The van der Waals surface area contributed by atoms with Crippen molar-refractivity contribution in [2.75, 3.05) is 13.3 Å². The first-order chi connectivity index (χ1) is 7.13. The van der Waals surface area contributed by atoms with Crippen molar-refractivity contribution in [1.82, 2.24) is 10.1 Å². The van der Waals surface area contributed by atoms with Gasteiger partial charge in [0.15, 0.2) is 5.11 Å². The lowest BCUT2D eigenvalue weighted by Crippen LogP contribution is -2.37. The first kappa shape index (κ1) is 11.7. The third kappa shape index (κ3) is 3.68. The average molecular weight is 233 g/mol. The number of aliphatic hydroxyl groups is 1. The fourth-order valence-electron chi connectivity index (χ4n) is 0.990. The Balaban J connectivity index is 2.32. The maximum absolute atomic E-state index is 10.5. The Morgan fingerprint density at radius 2 is 2.40 bits per heavy atom. The summed E-state index contributed by atoms with van der Waals surface area (Å²) in [5.74, 6) is -0.598. The summed E-state index contributed by atoms with van der Waals surface area (Å²) in [6, 6.07) is 0. The van der Waals surface area contributed by atoms with Gasteiger partial charge in [-0.05, 0) is 23.8 Å². The zero-order chi connectivity index (χ0) is 11.3. The maximum atomic E-state index is 10.5. The minimum absolute atomic E-state index is 0.124. The molecule has 0 fully saturated rings. The van der Waals surface area contributed by atoms with Crippen LogP contribution in [-0.4, -0.2) is 33.6 Å². The van der Waals surface area contributed by atoms with Crippen LogP contribution in [0.3, 0.4) is 0 Å². The third-order valence-electron chi connectivity index (χ3n) is 1.72. The molecular formula is C7H11N3O4S. The van der Waals surface area contributed by atoms with E-state index in [0.29, 0.717) is 19.4 Å². The first-order valence-electron chi connectivity index (χ1n) is 4.24. The molecule has 1 rings (SSSR count). The van der Waals surface area contributed by atoms with Gasteiger partial charge in [-0.15, -0.1) is 0 Å². The van der Waals surface area contributed by atoms with Crippen LogP contribution >= 0.6 is 12.2 Å². The Bertz CT molecular complexity index is 374. The van der Waals surface area contributed by atoms with Gasteiger partial charge in [0.05, 0.1) is 0 Å². The van der Waals surface area contributed by atoms with Crippen LogP contribution in [0.2, 0.25) is 0 Å². The summed E-state index contributed by atoms with van der Waals surface area (Å²) >= 11 is 4.69. The molecule has 0 aliphatic heterocycles. The molecule has 1 heterocycles. The largest absolute Gasteiger partial charge is 0.542 e. The molecule has 0 atom stereocenters. The predicted octanol–water partition coefficient (Wildman–Crippen LogP) is -0.944. The number of nitrogens with two attached hydrogens (primary N) is 1. The van der Waals surface area contributed by atoms with E-state index in [-0.39, 0.29) is 17.7 Å².